The van der Waals surface area contributed by atoms with E-state index in [4.69, 9.17) is 10.00 Å². The fraction of sp³-hybridized carbons (Fsp3) is 0.294. The normalized spacial score (nSPS) is 9.92. The SMILES string of the molecule is CC(=O)N(C)CCN(C)c1cncc(Oc2ccc(C#N)cc2)n1. The Labute approximate surface area is 141 Å². The molecule has 1 aromatic heterocycles. The first-order chi connectivity index (χ1) is 11.5. The lowest BCUT2D eigenvalue weighted by molar-refractivity contribution is -0.127. The molecular weight excluding hydrogens is 306 g/mol. The second-order valence-corrected chi connectivity index (χ2v) is 5.32. The quantitative estimate of drug-likeness (QED) is 0.808. The van der Waals surface area contributed by atoms with Gasteiger partial charge < -0.3 is 14.5 Å². The van der Waals surface area contributed by atoms with Crippen LogP contribution >= 0.6 is 0 Å². The summed E-state index contributed by atoms with van der Waals surface area (Å²) in [4.78, 5) is 23.3. The lowest BCUT2D eigenvalue weighted by Gasteiger charge is -2.22. The van der Waals surface area contributed by atoms with Crippen molar-refractivity contribution in [3.63, 3.8) is 0 Å². The Morgan fingerprint density at radius 1 is 1.21 bits per heavy atom. The fourth-order valence-electron chi connectivity index (χ4n) is 1.86. The van der Waals surface area contributed by atoms with Crippen LogP contribution in [0.2, 0.25) is 0 Å². The third-order valence-corrected chi connectivity index (χ3v) is 3.51. The third kappa shape index (κ3) is 4.68. The Hall–Kier alpha value is -3.14. The van der Waals surface area contributed by atoms with E-state index in [0.717, 1.165) is 0 Å². The van der Waals surface area contributed by atoms with Crippen LogP contribution in [-0.4, -0.2) is 48.0 Å². The fourth-order valence-corrected chi connectivity index (χ4v) is 1.86. The summed E-state index contributed by atoms with van der Waals surface area (Å²) in [6, 6.07) is 8.82. The number of rotatable bonds is 6. The van der Waals surface area contributed by atoms with Crippen molar-refractivity contribution in [2.45, 2.75) is 6.92 Å². The molecule has 7 heteroatoms. The van der Waals surface area contributed by atoms with E-state index in [1.165, 1.54) is 13.1 Å². The van der Waals surface area contributed by atoms with Gasteiger partial charge in [0.05, 0.1) is 24.0 Å². The molecule has 0 aliphatic heterocycles. The van der Waals surface area contributed by atoms with Gasteiger partial charge in [-0.15, -0.1) is 0 Å². The van der Waals surface area contributed by atoms with Gasteiger partial charge in [-0.25, -0.2) is 0 Å². The van der Waals surface area contributed by atoms with E-state index in [0.29, 0.717) is 36.1 Å². The van der Waals surface area contributed by atoms with E-state index in [1.807, 2.05) is 11.9 Å². The van der Waals surface area contributed by atoms with Gasteiger partial charge in [-0.1, -0.05) is 0 Å². The molecule has 0 saturated carbocycles. The molecular formula is C17H19N5O2. The van der Waals surface area contributed by atoms with Crippen molar-refractivity contribution in [1.82, 2.24) is 14.9 Å². The zero-order chi connectivity index (χ0) is 17.5. The highest BCUT2D eigenvalue weighted by atomic mass is 16.5. The van der Waals surface area contributed by atoms with Gasteiger partial charge in [0.15, 0.2) is 5.82 Å². The first-order valence-electron chi connectivity index (χ1n) is 7.42. The van der Waals surface area contributed by atoms with E-state index in [2.05, 4.69) is 16.0 Å². The summed E-state index contributed by atoms with van der Waals surface area (Å²) in [5.74, 6) is 1.62. The molecule has 1 heterocycles. The lowest BCUT2D eigenvalue weighted by Crippen LogP contribution is -2.33. The maximum absolute atomic E-state index is 11.2. The molecule has 0 unspecified atom stereocenters. The maximum atomic E-state index is 11.2. The van der Waals surface area contributed by atoms with Gasteiger partial charge in [0.25, 0.3) is 0 Å². The summed E-state index contributed by atoms with van der Waals surface area (Å²) in [6.45, 7) is 2.76. The number of carbonyl (C=O) groups is 1. The minimum Gasteiger partial charge on any atom is -0.437 e. The van der Waals surface area contributed by atoms with Gasteiger partial charge in [-0.2, -0.15) is 10.2 Å². The number of hydrogen-bond donors (Lipinski definition) is 0. The molecule has 0 aliphatic carbocycles. The Kier molecular flexibility index (Phi) is 5.68. The van der Waals surface area contributed by atoms with Crippen LogP contribution in [0.1, 0.15) is 12.5 Å². The second-order valence-electron chi connectivity index (χ2n) is 5.32. The molecule has 0 aliphatic rings. The van der Waals surface area contributed by atoms with Crippen molar-refractivity contribution in [2.75, 3.05) is 32.1 Å². The highest BCUT2D eigenvalue weighted by Gasteiger charge is 2.08. The van der Waals surface area contributed by atoms with E-state index < -0.39 is 0 Å². The smallest absolute Gasteiger partial charge is 0.239 e. The van der Waals surface area contributed by atoms with Crippen molar-refractivity contribution in [2.24, 2.45) is 0 Å². The monoisotopic (exact) mass is 325 g/mol. The number of aromatic nitrogens is 2. The summed E-state index contributed by atoms with van der Waals surface area (Å²) in [5, 5.41) is 8.80. The molecule has 0 spiro atoms. The van der Waals surface area contributed by atoms with Crippen molar-refractivity contribution in [3.05, 3.63) is 42.2 Å². The molecule has 1 aromatic carbocycles. The summed E-state index contributed by atoms with van der Waals surface area (Å²) in [7, 11) is 3.63. The minimum absolute atomic E-state index is 0.0207. The number of hydrogen-bond acceptors (Lipinski definition) is 6. The van der Waals surface area contributed by atoms with Gasteiger partial charge in [0.1, 0.15) is 5.75 Å². The Morgan fingerprint density at radius 2 is 1.92 bits per heavy atom. The predicted molar refractivity (Wildman–Crippen MR) is 89.8 cm³/mol. The van der Waals surface area contributed by atoms with Gasteiger partial charge in [0.2, 0.25) is 11.8 Å². The first-order valence-corrected chi connectivity index (χ1v) is 7.42. The van der Waals surface area contributed by atoms with Gasteiger partial charge in [0, 0.05) is 34.1 Å². The van der Waals surface area contributed by atoms with Crippen LogP contribution in [0, 0.1) is 11.3 Å². The van der Waals surface area contributed by atoms with Crippen molar-refractivity contribution < 1.29 is 9.53 Å². The first kappa shape index (κ1) is 17.2. The second kappa shape index (κ2) is 7.92. The summed E-state index contributed by atoms with van der Waals surface area (Å²) in [6.07, 6.45) is 3.16. The molecule has 124 valence electrons. The average Bonchev–Trinajstić information content (AvgIpc) is 2.60. The predicted octanol–water partition coefficient (Wildman–Crippen LogP) is 2.06. The van der Waals surface area contributed by atoms with Crippen LogP contribution in [0.25, 0.3) is 0 Å². The molecule has 0 radical (unpaired) electrons. The van der Waals surface area contributed by atoms with Crippen molar-refractivity contribution in [1.29, 1.82) is 5.26 Å². The Bertz CT molecular complexity index is 739. The van der Waals surface area contributed by atoms with Crippen LogP contribution in [0.4, 0.5) is 5.82 Å². The summed E-state index contributed by atoms with van der Waals surface area (Å²) >= 11 is 0. The number of ether oxygens (including phenoxy) is 1. The summed E-state index contributed by atoms with van der Waals surface area (Å²) in [5.41, 5.74) is 0.566. The molecule has 2 aromatic rings. The van der Waals surface area contributed by atoms with Crippen LogP contribution in [0.5, 0.6) is 11.6 Å². The number of benzene rings is 1. The number of anilines is 1. The molecule has 0 atom stereocenters. The maximum Gasteiger partial charge on any atom is 0.239 e. The van der Waals surface area contributed by atoms with Gasteiger partial charge in [-0.3, -0.25) is 9.78 Å². The van der Waals surface area contributed by atoms with Crippen LogP contribution < -0.4 is 9.64 Å². The topological polar surface area (TPSA) is 82.4 Å². The zero-order valence-electron chi connectivity index (χ0n) is 13.9. The molecule has 0 N–H and O–H groups in total. The molecule has 2 rings (SSSR count). The number of carbonyl (C=O) groups excluding carboxylic acids is 1. The highest BCUT2D eigenvalue weighted by Crippen LogP contribution is 2.21. The number of nitrogens with zero attached hydrogens (tertiary/aromatic N) is 5. The molecule has 0 fully saturated rings. The van der Waals surface area contributed by atoms with E-state index in [-0.39, 0.29) is 5.91 Å². The molecule has 7 nitrogen and oxygen atoms in total. The zero-order valence-corrected chi connectivity index (χ0v) is 13.9. The molecule has 24 heavy (non-hydrogen) atoms. The number of likely N-dealkylation sites (N-methyl/N-ethyl adjacent to an activating group) is 2. The molecule has 0 bridgehead atoms. The van der Waals surface area contributed by atoms with E-state index >= 15 is 0 Å². The number of nitriles is 1. The molecule has 0 saturated heterocycles. The van der Waals surface area contributed by atoms with E-state index in [9.17, 15) is 4.79 Å². The third-order valence-electron chi connectivity index (χ3n) is 3.51. The van der Waals surface area contributed by atoms with E-state index in [1.54, 1.807) is 42.4 Å². The largest absolute Gasteiger partial charge is 0.437 e. The van der Waals surface area contributed by atoms with Crippen LogP contribution in [0.3, 0.4) is 0 Å². The average molecular weight is 325 g/mol. The Balaban J connectivity index is 2.02. The lowest BCUT2D eigenvalue weighted by atomic mass is 10.2. The summed E-state index contributed by atoms with van der Waals surface area (Å²) < 4.78 is 5.66. The van der Waals surface area contributed by atoms with Crippen LogP contribution in [-0.2, 0) is 4.79 Å². The highest BCUT2D eigenvalue weighted by molar-refractivity contribution is 5.72. The number of amides is 1. The van der Waals surface area contributed by atoms with Crippen molar-refractivity contribution >= 4 is 11.7 Å². The standard InChI is InChI=1S/C17H19N5O2/c1-13(23)21(2)8-9-22(3)16-11-19-12-17(20-16)24-15-6-4-14(10-18)5-7-15/h4-7,11-12H,8-9H2,1-3H3. The van der Waals surface area contributed by atoms with Gasteiger partial charge >= 0.3 is 0 Å². The van der Waals surface area contributed by atoms with Gasteiger partial charge in [-0.05, 0) is 24.3 Å². The van der Waals surface area contributed by atoms with Crippen molar-refractivity contribution in [3.8, 4) is 17.7 Å². The minimum atomic E-state index is 0.0207. The Morgan fingerprint density at radius 3 is 2.54 bits per heavy atom. The molecule has 1 amide bonds. The van der Waals surface area contributed by atoms with Crippen LogP contribution in [0.15, 0.2) is 36.7 Å².